The molecule has 4 fully saturated rings. The number of piperazine rings is 1. The van der Waals surface area contributed by atoms with Gasteiger partial charge in [-0.15, -0.1) is 11.3 Å². The Morgan fingerprint density at radius 2 is 2.10 bits per heavy atom. The Morgan fingerprint density at radius 1 is 1.28 bits per heavy atom. The summed E-state index contributed by atoms with van der Waals surface area (Å²) in [6.45, 7) is 1.21. The molecule has 3 aliphatic heterocycles. The van der Waals surface area contributed by atoms with Crippen LogP contribution in [0.15, 0.2) is 28.1 Å². The highest BCUT2D eigenvalue weighted by Gasteiger charge is 2.48. The lowest BCUT2D eigenvalue weighted by Crippen LogP contribution is -2.70. The minimum atomic E-state index is -0.840. The molecule has 1 N–H and O–H groups in total. The van der Waals surface area contributed by atoms with Crippen LogP contribution in [-0.2, 0) is 0 Å². The Morgan fingerprint density at radius 3 is 2.76 bits per heavy atom. The summed E-state index contributed by atoms with van der Waals surface area (Å²) in [6.07, 6.45) is 5.52. The summed E-state index contributed by atoms with van der Waals surface area (Å²) in [5.41, 5.74) is 2.33. The molecule has 8 nitrogen and oxygen atoms in total. The van der Waals surface area contributed by atoms with Crippen molar-refractivity contribution < 1.29 is 19.1 Å². The first kappa shape index (κ1) is 17.1. The fourth-order valence-corrected chi connectivity index (χ4v) is 5.12. The number of carboxylic acid groups (broad SMARTS) is 1. The molecular weight excluding hydrogens is 392 g/mol. The van der Waals surface area contributed by atoms with Gasteiger partial charge in [0.25, 0.3) is 6.01 Å². The molecule has 0 radical (unpaired) electrons. The molecule has 9 heteroatoms. The zero-order chi connectivity index (χ0) is 19.5. The Balaban J connectivity index is 1.36. The molecule has 4 aliphatic rings. The summed E-state index contributed by atoms with van der Waals surface area (Å²) >= 11 is 1.55. The number of amides is 1. The average Bonchev–Trinajstić information content (AvgIpc) is 3.33. The van der Waals surface area contributed by atoms with Gasteiger partial charge in [-0.3, -0.25) is 4.90 Å². The van der Waals surface area contributed by atoms with Gasteiger partial charge in [0.2, 0.25) is 0 Å². The van der Waals surface area contributed by atoms with Gasteiger partial charge in [0, 0.05) is 30.7 Å². The number of oxazole rings is 1. The molecule has 1 amide bonds. The van der Waals surface area contributed by atoms with E-state index in [1.54, 1.807) is 22.4 Å². The van der Waals surface area contributed by atoms with Crippen LogP contribution in [-0.4, -0.2) is 57.3 Å². The molecule has 3 saturated heterocycles. The SMILES string of the molecule is O=C(O)N1C2CC1CN(c1nc3cc(OC4CCC4)cc(-c4nccs4)c3o1)C2. The van der Waals surface area contributed by atoms with E-state index < -0.39 is 6.09 Å². The van der Waals surface area contributed by atoms with Crippen LogP contribution in [0.2, 0.25) is 0 Å². The van der Waals surface area contributed by atoms with Crippen molar-refractivity contribution in [1.29, 1.82) is 0 Å². The van der Waals surface area contributed by atoms with E-state index in [9.17, 15) is 9.90 Å². The number of nitrogens with zero attached hydrogens (tertiary/aromatic N) is 4. The second kappa shape index (κ2) is 6.35. The first-order valence-corrected chi connectivity index (χ1v) is 10.8. The number of hydrogen-bond acceptors (Lipinski definition) is 7. The average molecular weight is 412 g/mol. The van der Waals surface area contributed by atoms with Gasteiger partial charge in [0.1, 0.15) is 16.3 Å². The van der Waals surface area contributed by atoms with Crippen molar-refractivity contribution >= 4 is 34.5 Å². The number of aromatic nitrogens is 2. The van der Waals surface area contributed by atoms with Crippen LogP contribution in [0.4, 0.5) is 10.8 Å². The lowest BCUT2D eigenvalue weighted by atomic mass is 9.88. The van der Waals surface area contributed by atoms with E-state index in [4.69, 9.17) is 14.1 Å². The van der Waals surface area contributed by atoms with Crippen molar-refractivity contribution in [3.8, 4) is 16.3 Å². The normalized spacial score (nSPS) is 23.7. The molecule has 150 valence electrons. The van der Waals surface area contributed by atoms with E-state index in [0.717, 1.165) is 41.1 Å². The quantitative estimate of drug-likeness (QED) is 0.696. The largest absolute Gasteiger partial charge is 0.490 e. The molecular formula is C20H20N4O4S. The first-order chi connectivity index (χ1) is 14.2. The number of benzene rings is 1. The van der Waals surface area contributed by atoms with Crippen molar-refractivity contribution in [3.63, 3.8) is 0 Å². The number of anilines is 1. The van der Waals surface area contributed by atoms with Crippen molar-refractivity contribution in [1.82, 2.24) is 14.9 Å². The van der Waals surface area contributed by atoms with E-state index in [-0.39, 0.29) is 18.2 Å². The Hall–Kier alpha value is -2.81. The third-order valence-corrected chi connectivity index (χ3v) is 6.96. The molecule has 1 aliphatic carbocycles. The van der Waals surface area contributed by atoms with Crippen LogP contribution in [0.1, 0.15) is 25.7 Å². The Bertz CT molecular complexity index is 1070. The molecule has 2 atom stereocenters. The van der Waals surface area contributed by atoms with Crippen LogP contribution < -0.4 is 9.64 Å². The van der Waals surface area contributed by atoms with Crippen molar-refractivity contribution in [2.45, 2.75) is 43.9 Å². The second-order valence-corrected chi connectivity index (χ2v) is 8.86. The van der Waals surface area contributed by atoms with Gasteiger partial charge < -0.3 is 19.2 Å². The lowest BCUT2D eigenvalue weighted by Gasteiger charge is -2.54. The molecule has 29 heavy (non-hydrogen) atoms. The van der Waals surface area contributed by atoms with E-state index in [1.807, 2.05) is 17.5 Å². The predicted octanol–water partition coefficient (Wildman–Crippen LogP) is 3.82. The van der Waals surface area contributed by atoms with E-state index >= 15 is 0 Å². The van der Waals surface area contributed by atoms with Gasteiger partial charge in [-0.1, -0.05) is 0 Å². The summed E-state index contributed by atoms with van der Waals surface area (Å²) in [5.74, 6) is 0.797. The van der Waals surface area contributed by atoms with E-state index in [1.165, 1.54) is 6.42 Å². The molecule has 5 heterocycles. The van der Waals surface area contributed by atoms with Gasteiger partial charge in [0.15, 0.2) is 5.58 Å². The minimum Gasteiger partial charge on any atom is -0.490 e. The van der Waals surface area contributed by atoms with Crippen molar-refractivity contribution in [2.75, 3.05) is 18.0 Å². The van der Waals surface area contributed by atoms with Gasteiger partial charge in [-0.05, 0) is 31.7 Å². The predicted molar refractivity (Wildman–Crippen MR) is 108 cm³/mol. The number of ether oxygens (including phenoxy) is 1. The number of carbonyl (C=O) groups is 1. The third kappa shape index (κ3) is 2.75. The highest BCUT2D eigenvalue weighted by molar-refractivity contribution is 7.13. The van der Waals surface area contributed by atoms with E-state index in [2.05, 4.69) is 9.88 Å². The van der Waals surface area contributed by atoms with Gasteiger partial charge in [0.05, 0.1) is 23.8 Å². The molecule has 2 aromatic heterocycles. The van der Waals surface area contributed by atoms with Gasteiger partial charge in [-0.2, -0.15) is 4.98 Å². The molecule has 2 unspecified atom stereocenters. The summed E-state index contributed by atoms with van der Waals surface area (Å²) in [4.78, 5) is 24.1. The maximum absolute atomic E-state index is 11.4. The summed E-state index contributed by atoms with van der Waals surface area (Å²) < 4.78 is 12.3. The number of thiazole rings is 1. The fraction of sp³-hybridized carbons (Fsp3) is 0.450. The molecule has 1 saturated carbocycles. The molecule has 0 spiro atoms. The molecule has 7 rings (SSSR count). The van der Waals surface area contributed by atoms with Gasteiger partial charge in [-0.25, -0.2) is 9.78 Å². The number of piperidine rings is 1. The molecule has 3 aromatic rings. The smallest absolute Gasteiger partial charge is 0.407 e. The maximum Gasteiger partial charge on any atom is 0.407 e. The summed E-state index contributed by atoms with van der Waals surface area (Å²) in [7, 11) is 0. The molecule has 2 bridgehead atoms. The van der Waals surface area contributed by atoms with Crippen LogP contribution in [0.25, 0.3) is 21.7 Å². The highest BCUT2D eigenvalue weighted by Crippen LogP contribution is 2.40. The van der Waals surface area contributed by atoms with Crippen LogP contribution in [0.3, 0.4) is 0 Å². The van der Waals surface area contributed by atoms with Crippen molar-refractivity contribution in [2.24, 2.45) is 0 Å². The topological polar surface area (TPSA) is 91.9 Å². The number of rotatable bonds is 4. The number of hydrogen-bond donors (Lipinski definition) is 1. The van der Waals surface area contributed by atoms with Crippen LogP contribution >= 0.6 is 11.3 Å². The van der Waals surface area contributed by atoms with Crippen LogP contribution in [0.5, 0.6) is 5.75 Å². The standard InChI is InChI=1S/C20H20N4O4S/c25-20(26)24-11-6-12(24)10-23(9-11)19-22-16-8-14(27-13-2-1-3-13)7-15(17(16)28-19)18-21-4-5-29-18/h4-5,7-8,11-13H,1-3,6,9-10H2,(H,25,26). The Labute approximate surface area is 170 Å². The second-order valence-electron chi connectivity index (χ2n) is 7.96. The summed E-state index contributed by atoms with van der Waals surface area (Å²) in [6, 6.07) is 4.49. The monoisotopic (exact) mass is 412 g/mol. The molecule has 1 aromatic carbocycles. The fourth-order valence-electron chi connectivity index (χ4n) is 4.47. The maximum atomic E-state index is 11.4. The zero-order valence-corrected chi connectivity index (χ0v) is 16.5. The zero-order valence-electron chi connectivity index (χ0n) is 15.7. The third-order valence-electron chi connectivity index (χ3n) is 6.15. The Kier molecular flexibility index (Phi) is 3.74. The van der Waals surface area contributed by atoms with E-state index in [0.29, 0.717) is 24.7 Å². The first-order valence-electron chi connectivity index (χ1n) is 9.93. The highest BCUT2D eigenvalue weighted by atomic mass is 32.1. The van der Waals surface area contributed by atoms with Crippen molar-refractivity contribution in [3.05, 3.63) is 23.7 Å². The minimum absolute atomic E-state index is 0.0113. The van der Waals surface area contributed by atoms with Crippen LogP contribution in [0, 0.1) is 0 Å². The number of fused-ring (bicyclic) bond motifs is 3. The summed E-state index contributed by atoms with van der Waals surface area (Å²) in [5, 5.41) is 12.1. The van der Waals surface area contributed by atoms with Gasteiger partial charge >= 0.3 is 6.09 Å². The lowest BCUT2D eigenvalue weighted by molar-refractivity contribution is 0.0101.